The summed E-state index contributed by atoms with van der Waals surface area (Å²) in [5, 5.41) is 19.9. The van der Waals surface area contributed by atoms with Gasteiger partial charge in [-0.25, -0.2) is 9.48 Å². The summed E-state index contributed by atoms with van der Waals surface area (Å²) in [5.74, 6) is 2.27. The van der Waals surface area contributed by atoms with Crippen LogP contribution >= 0.6 is 0 Å². The third-order valence-electron chi connectivity index (χ3n) is 8.06. The van der Waals surface area contributed by atoms with Crippen LogP contribution in [0.25, 0.3) is 11.3 Å². The van der Waals surface area contributed by atoms with Crippen molar-refractivity contribution in [3.05, 3.63) is 101 Å². The van der Waals surface area contributed by atoms with Gasteiger partial charge in [0, 0.05) is 16.9 Å². The zero-order valence-electron chi connectivity index (χ0n) is 26.5. The number of carbonyl (C=O) groups is 1. The van der Waals surface area contributed by atoms with Gasteiger partial charge < -0.3 is 10.1 Å². The molecular formula is C35H41N7O2. The van der Waals surface area contributed by atoms with Crippen molar-refractivity contribution in [3.63, 3.8) is 0 Å². The first kappa shape index (κ1) is 29.4. The highest BCUT2D eigenvalue weighted by Gasteiger charge is 2.30. The van der Waals surface area contributed by atoms with E-state index >= 15 is 0 Å². The fourth-order valence-electron chi connectivity index (χ4n) is 5.67. The number of hydrogen-bond donors (Lipinski definition) is 2. The smallest absolute Gasteiger partial charge is 0.320 e. The van der Waals surface area contributed by atoms with E-state index in [-0.39, 0.29) is 29.0 Å². The first-order chi connectivity index (χ1) is 20.9. The topological polar surface area (TPSA) is 98.4 Å². The lowest BCUT2D eigenvalue weighted by Crippen LogP contribution is -2.36. The van der Waals surface area contributed by atoms with Crippen LogP contribution in [0.15, 0.2) is 72.9 Å². The third-order valence-corrected chi connectivity index (χ3v) is 8.06. The molecule has 0 radical (unpaired) electrons. The molecule has 2 unspecified atom stereocenters. The Morgan fingerprint density at radius 3 is 2.32 bits per heavy atom. The van der Waals surface area contributed by atoms with Crippen molar-refractivity contribution in [2.24, 2.45) is 0 Å². The van der Waals surface area contributed by atoms with Crippen molar-refractivity contribution < 1.29 is 9.53 Å². The molecule has 228 valence electrons. The van der Waals surface area contributed by atoms with E-state index in [4.69, 9.17) is 9.84 Å². The van der Waals surface area contributed by atoms with Gasteiger partial charge >= 0.3 is 6.03 Å². The van der Waals surface area contributed by atoms with Crippen LogP contribution in [0.4, 0.5) is 10.6 Å². The lowest BCUT2D eigenvalue weighted by molar-refractivity contribution is 0.171. The summed E-state index contributed by atoms with van der Waals surface area (Å²) in [6, 6.07) is 21.7. The second kappa shape index (κ2) is 11.1. The number of amides is 2. The molecule has 9 nitrogen and oxygen atoms in total. The Kier molecular flexibility index (Phi) is 7.43. The van der Waals surface area contributed by atoms with Gasteiger partial charge in [0.15, 0.2) is 5.65 Å². The van der Waals surface area contributed by atoms with Gasteiger partial charge in [-0.15, -0.1) is 10.2 Å². The Balaban J connectivity index is 1.21. The minimum Gasteiger partial charge on any atom is -0.484 e. The maximum absolute atomic E-state index is 13.5. The molecule has 6 rings (SSSR count). The predicted octanol–water partition coefficient (Wildman–Crippen LogP) is 7.60. The largest absolute Gasteiger partial charge is 0.484 e. The molecule has 5 aromatic rings. The maximum atomic E-state index is 13.5. The molecule has 2 amide bonds. The monoisotopic (exact) mass is 591 g/mol. The Labute approximate surface area is 258 Å². The molecule has 0 aliphatic heterocycles. The van der Waals surface area contributed by atoms with Gasteiger partial charge in [0.1, 0.15) is 23.5 Å². The molecular weight excluding hydrogens is 550 g/mol. The van der Waals surface area contributed by atoms with Crippen LogP contribution < -0.4 is 15.4 Å². The molecule has 2 atom stereocenters. The lowest BCUT2D eigenvalue weighted by Gasteiger charge is -2.32. The molecule has 0 saturated carbocycles. The summed E-state index contributed by atoms with van der Waals surface area (Å²) in [4.78, 5) is 13.5. The van der Waals surface area contributed by atoms with Crippen LogP contribution in [0.3, 0.4) is 0 Å². The molecule has 0 bridgehead atoms. The number of ether oxygens (including phenoxy) is 1. The molecule has 2 aromatic carbocycles. The number of nitrogens with zero attached hydrogens (tertiary/aromatic N) is 5. The van der Waals surface area contributed by atoms with Crippen LogP contribution in [-0.2, 0) is 10.8 Å². The van der Waals surface area contributed by atoms with E-state index in [1.807, 2.05) is 65.2 Å². The number of carbonyl (C=O) groups excluding carboxylic acids is 1. The number of aryl methyl sites for hydroxylation is 1. The number of urea groups is 1. The van der Waals surface area contributed by atoms with Crippen LogP contribution in [0.1, 0.15) is 94.7 Å². The second-order valence-corrected chi connectivity index (χ2v) is 13.7. The summed E-state index contributed by atoms with van der Waals surface area (Å²) >= 11 is 0. The fourth-order valence-corrected chi connectivity index (χ4v) is 5.67. The number of aromatic nitrogens is 5. The van der Waals surface area contributed by atoms with E-state index < -0.39 is 0 Å². The highest BCUT2D eigenvalue weighted by Crippen LogP contribution is 2.39. The van der Waals surface area contributed by atoms with Gasteiger partial charge in [0.25, 0.3) is 0 Å². The van der Waals surface area contributed by atoms with Crippen LogP contribution in [0, 0.1) is 6.92 Å². The van der Waals surface area contributed by atoms with Crippen molar-refractivity contribution in [2.45, 2.75) is 84.3 Å². The van der Waals surface area contributed by atoms with E-state index in [2.05, 4.69) is 81.4 Å². The molecule has 0 spiro atoms. The highest BCUT2D eigenvalue weighted by atomic mass is 16.5. The van der Waals surface area contributed by atoms with Gasteiger partial charge in [-0.3, -0.25) is 9.72 Å². The van der Waals surface area contributed by atoms with Crippen LogP contribution in [0.5, 0.6) is 5.75 Å². The minimum absolute atomic E-state index is 0.142. The van der Waals surface area contributed by atoms with Gasteiger partial charge in [-0.2, -0.15) is 5.10 Å². The lowest BCUT2D eigenvalue weighted by atomic mass is 9.85. The minimum atomic E-state index is -0.273. The second-order valence-electron chi connectivity index (χ2n) is 13.7. The van der Waals surface area contributed by atoms with E-state index in [1.165, 1.54) is 0 Å². The van der Waals surface area contributed by atoms with Gasteiger partial charge in [-0.1, -0.05) is 83.5 Å². The fraction of sp³-hybridized carbons (Fsp3) is 0.371. The Hall–Kier alpha value is -4.66. The number of benzene rings is 2. The van der Waals surface area contributed by atoms with Crippen molar-refractivity contribution >= 4 is 17.5 Å². The van der Waals surface area contributed by atoms with E-state index in [0.717, 1.165) is 58.1 Å². The van der Waals surface area contributed by atoms with E-state index in [0.29, 0.717) is 5.82 Å². The average Bonchev–Trinajstić information content (AvgIpc) is 3.59. The van der Waals surface area contributed by atoms with Gasteiger partial charge in [-0.05, 0) is 55.2 Å². The Bertz CT molecular complexity index is 1810. The summed E-state index contributed by atoms with van der Waals surface area (Å²) in [7, 11) is 0. The number of hydrogen-bond acceptors (Lipinski definition) is 5. The van der Waals surface area contributed by atoms with Crippen molar-refractivity contribution in [3.8, 4) is 11.4 Å². The van der Waals surface area contributed by atoms with Crippen molar-refractivity contribution in [1.29, 1.82) is 0 Å². The maximum Gasteiger partial charge on any atom is 0.320 e. The number of rotatable bonds is 5. The summed E-state index contributed by atoms with van der Waals surface area (Å²) in [6.45, 7) is 14.8. The van der Waals surface area contributed by atoms with Crippen LogP contribution in [0.2, 0.25) is 0 Å². The quantitative estimate of drug-likeness (QED) is 0.219. The predicted molar refractivity (Wildman–Crippen MR) is 173 cm³/mol. The molecule has 3 heterocycles. The number of pyridine rings is 1. The Morgan fingerprint density at radius 2 is 1.61 bits per heavy atom. The van der Waals surface area contributed by atoms with E-state index in [1.54, 1.807) is 4.68 Å². The van der Waals surface area contributed by atoms with Gasteiger partial charge in [0.05, 0.1) is 23.6 Å². The Morgan fingerprint density at radius 1 is 0.886 bits per heavy atom. The number of nitrogens with one attached hydrogen (secondary N) is 2. The normalized spacial score (nSPS) is 16.9. The first-order valence-corrected chi connectivity index (χ1v) is 15.2. The molecule has 9 heteroatoms. The zero-order valence-corrected chi connectivity index (χ0v) is 26.5. The third kappa shape index (κ3) is 5.91. The van der Waals surface area contributed by atoms with Crippen molar-refractivity contribution in [2.75, 3.05) is 5.32 Å². The molecule has 0 fully saturated rings. The number of fused-ring (bicyclic) bond motifs is 2. The van der Waals surface area contributed by atoms with Crippen molar-refractivity contribution in [1.82, 2.24) is 29.7 Å². The SMILES string of the molecule is Cc1ccc(-n2nc(C(C)(C)C)cc2NC(=O)NC2CCC(Oc3ccc4nnc(C(C)(C)C)n4c3)c3ccccc32)cc1. The van der Waals surface area contributed by atoms with Crippen LogP contribution in [-0.4, -0.2) is 30.4 Å². The summed E-state index contributed by atoms with van der Waals surface area (Å²) < 4.78 is 10.4. The average molecular weight is 592 g/mol. The zero-order chi connectivity index (χ0) is 31.2. The first-order valence-electron chi connectivity index (χ1n) is 15.2. The summed E-state index contributed by atoms with van der Waals surface area (Å²) in [6.07, 6.45) is 3.32. The standard InChI is InChI=1S/C35H41N7O2/c1-22-12-14-23(15-13-22)42-31(20-29(40-42)34(2,3)4)37-33(43)36-27-17-18-28(26-11-9-8-10-25(26)27)44-24-16-19-30-38-39-32(35(5,6)7)41(30)21-24/h8-16,19-21,27-28H,17-18H2,1-7H3,(H2,36,37,43). The molecule has 0 saturated heterocycles. The van der Waals surface area contributed by atoms with E-state index in [9.17, 15) is 4.79 Å². The molecule has 1 aliphatic carbocycles. The molecule has 44 heavy (non-hydrogen) atoms. The molecule has 1 aliphatic rings. The van der Waals surface area contributed by atoms with Gasteiger partial charge in [0.2, 0.25) is 0 Å². The summed E-state index contributed by atoms with van der Waals surface area (Å²) in [5.41, 5.74) is 5.55. The molecule has 2 N–H and O–H groups in total. The highest BCUT2D eigenvalue weighted by molar-refractivity contribution is 5.89. The number of anilines is 1. The molecule has 3 aromatic heterocycles.